The van der Waals surface area contributed by atoms with Crippen molar-refractivity contribution in [3.8, 4) is 5.69 Å². The number of amides is 1. The summed E-state index contributed by atoms with van der Waals surface area (Å²) in [5.41, 5.74) is 2.16. The van der Waals surface area contributed by atoms with Gasteiger partial charge in [-0.3, -0.25) is 14.9 Å². The van der Waals surface area contributed by atoms with Crippen LogP contribution in [-0.2, 0) is 0 Å². The summed E-state index contributed by atoms with van der Waals surface area (Å²) in [6, 6.07) is 11.7. The van der Waals surface area contributed by atoms with Crippen LogP contribution in [-0.4, -0.2) is 38.7 Å². The van der Waals surface area contributed by atoms with E-state index in [0.29, 0.717) is 11.4 Å². The molecule has 2 aromatic carbocycles. The van der Waals surface area contributed by atoms with E-state index in [2.05, 4.69) is 15.4 Å². The molecule has 0 aliphatic carbocycles. The van der Waals surface area contributed by atoms with Gasteiger partial charge in [0.1, 0.15) is 18.3 Å². The number of benzene rings is 2. The first kappa shape index (κ1) is 17.7. The minimum Gasteiger partial charge on any atom is -0.366 e. The molecule has 4 rings (SSSR count). The van der Waals surface area contributed by atoms with Gasteiger partial charge >= 0.3 is 0 Å². The summed E-state index contributed by atoms with van der Waals surface area (Å²) >= 11 is 0. The van der Waals surface area contributed by atoms with Gasteiger partial charge in [0.05, 0.1) is 10.6 Å². The normalized spacial score (nSPS) is 13.5. The number of nitro benzene ring substituents is 1. The summed E-state index contributed by atoms with van der Waals surface area (Å²) in [5, 5.41) is 18.3. The van der Waals surface area contributed by atoms with E-state index in [1.807, 2.05) is 4.90 Å². The number of rotatable bonds is 5. The number of nitrogens with zero attached hydrogens (tertiary/aromatic N) is 5. The van der Waals surface area contributed by atoms with Crippen LogP contribution in [0, 0.1) is 10.1 Å². The Morgan fingerprint density at radius 3 is 2.50 bits per heavy atom. The molecule has 2 heterocycles. The van der Waals surface area contributed by atoms with Gasteiger partial charge in [0.15, 0.2) is 0 Å². The van der Waals surface area contributed by atoms with Crippen LogP contribution in [0.2, 0.25) is 0 Å². The van der Waals surface area contributed by atoms with Gasteiger partial charge < -0.3 is 10.2 Å². The Labute approximate surface area is 160 Å². The van der Waals surface area contributed by atoms with Crippen molar-refractivity contribution in [2.24, 2.45) is 0 Å². The molecule has 1 amide bonds. The quantitative estimate of drug-likeness (QED) is 0.540. The summed E-state index contributed by atoms with van der Waals surface area (Å²) in [5.74, 6) is -0.399. The predicted octanol–water partition coefficient (Wildman–Crippen LogP) is 3.03. The number of hydrogen-bond acceptors (Lipinski definition) is 6. The molecule has 9 heteroatoms. The minimum absolute atomic E-state index is 0.0453. The van der Waals surface area contributed by atoms with Crippen molar-refractivity contribution in [3.05, 3.63) is 70.8 Å². The minimum atomic E-state index is -0.433. The number of aromatic nitrogens is 3. The van der Waals surface area contributed by atoms with Gasteiger partial charge in [-0.25, -0.2) is 9.67 Å². The van der Waals surface area contributed by atoms with Crippen LogP contribution in [0.5, 0.6) is 0 Å². The van der Waals surface area contributed by atoms with E-state index in [0.717, 1.165) is 31.6 Å². The van der Waals surface area contributed by atoms with E-state index in [-0.39, 0.29) is 11.3 Å². The van der Waals surface area contributed by atoms with Crippen molar-refractivity contribution < 1.29 is 9.72 Å². The Kier molecular flexibility index (Phi) is 4.71. The Morgan fingerprint density at radius 1 is 1.11 bits per heavy atom. The molecule has 0 unspecified atom stereocenters. The van der Waals surface area contributed by atoms with Crippen LogP contribution in [0.15, 0.2) is 55.1 Å². The van der Waals surface area contributed by atoms with Gasteiger partial charge in [-0.15, -0.1) is 0 Å². The zero-order chi connectivity index (χ0) is 19.5. The van der Waals surface area contributed by atoms with Gasteiger partial charge in [-0.05, 0) is 49.2 Å². The summed E-state index contributed by atoms with van der Waals surface area (Å²) in [6.07, 6.45) is 5.05. The lowest BCUT2D eigenvalue weighted by molar-refractivity contribution is -0.384. The molecule has 0 atom stereocenters. The fourth-order valence-electron chi connectivity index (χ4n) is 3.28. The Hall–Kier alpha value is -3.75. The molecule has 0 saturated carbocycles. The van der Waals surface area contributed by atoms with E-state index < -0.39 is 10.8 Å². The van der Waals surface area contributed by atoms with Gasteiger partial charge in [0.2, 0.25) is 0 Å². The van der Waals surface area contributed by atoms with Crippen LogP contribution in [0.4, 0.5) is 17.1 Å². The Balaban J connectivity index is 1.53. The average molecular weight is 378 g/mol. The average Bonchev–Trinajstić information content (AvgIpc) is 3.42. The largest absolute Gasteiger partial charge is 0.366 e. The number of anilines is 2. The van der Waals surface area contributed by atoms with Crippen molar-refractivity contribution in [1.29, 1.82) is 0 Å². The van der Waals surface area contributed by atoms with Gasteiger partial charge in [0, 0.05) is 30.4 Å². The van der Waals surface area contributed by atoms with E-state index in [1.165, 1.54) is 12.4 Å². The standard InChI is InChI=1S/C19H18N6O3/c26-19(22-15-4-6-16(7-5-15)24-13-20-12-21-24)14-3-8-17(18(11-14)25(27)28)23-9-1-2-10-23/h3-8,11-13H,1-2,9-10H2,(H,22,26). The molecule has 0 bridgehead atoms. The van der Waals surface area contributed by atoms with Crippen molar-refractivity contribution in [2.75, 3.05) is 23.3 Å². The fraction of sp³-hybridized carbons (Fsp3) is 0.211. The van der Waals surface area contributed by atoms with Crippen LogP contribution in [0.3, 0.4) is 0 Å². The summed E-state index contributed by atoms with van der Waals surface area (Å²) < 4.78 is 1.60. The maximum Gasteiger partial charge on any atom is 0.293 e. The smallest absolute Gasteiger partial charge is 0.293 e. The molecule has 1 N–H and O–H groups in total. The van der Waals surface area contributed by atoms with Gasteiger partial charge in [0.25, 0.3) is 11.6 Å². The third-order valence-electron chi connectivity index (χ3n) is 4.69. The van der Waals surface area contributed by atoms with Crippen LogP contribution >= 0.6 is 0 Å². The Morgan fingerprint density at radius 2 is 1.86 bits per heavy atom. The first-order valence-electron chi connectivity index (χ1n) is 8.91. The summed E-state index contributed by atoms with van der Waals surface area (Å²) in [6.45, 7) is 1.59. The lowest BCUT2D eigenvalue weighted by Crippen LogP contribution is -2.19. The molecule has 1 fully saturated rings. The zero-order valence-electron chi connectivity index (χ0n) is 15.0. The molecular formula is C19H18N6O3. The first-order valence-corrected chi connectivity index (χ1v) is 8.91. The molecule has 1 aromatic heterocycles. The van der Waals surface area contributed by atoms with E-state index in [1.54, 1.807) is 47.4 Å². The molecule has 3 aromatic rings. The molecule has 0 spiro atoms. The Bertz CT molecular complexity index is 995. The SMILES string of the molecule is O=C(Nc1ccc(-n2cncn2)cc1)c1ccc(N2CCCC2)c([N+](=O)[O-])c1. The van der Waals surface area contributed by atoms with E-state index in [9.17, 15) is 14.9 Å². The van der Waals surface area contributed by atoms with Crippen molar-refractivity contribution in [1.82, 2.24) is 14.8 Å². The summed E-state index contributed by atoms with van der Waals surface area (Å²) in [4.78, 5) is 29.5. The van der Waals surface area contributed by atoms with Gasteiger partial charge in [-0.2, -0.15) is 5.10 Å². The number of nitrogens with one attached hydrogen (secondary N) is 1. The second kappa shape index (κ2) is 7.47. The second-order valence-corrected chi connectivity index (χ2v) is 6.50. The molecule has 0 radical (unpaired) electrons. The first-order chi connectivity index (χ1) is 13.6. The highest BCUT2D eigenvalue weighted by Gasteiger charge is 2.23. The highest BCUT2D eigenvalue weighted by atomic mass is 16.6. The lowest BCUT2D eigenvalue weighted by Gasteiger charge is -2.17. The van der Waals surface area contributed by atoms with Crippen molar-refractivity contribution >= 4 is 23.0 Å². The molecule has 9 nitrogen and oxygen atoms in total. The molecule has 1 aliphatic rings. The predicted molar refractivity (Wildman–Crippen MR) is 104 cm³/mol. The third kappa shape index (κ3) is 3.54. The van der Waals surface area contributed by atoms with E-state index >= 15 is 0 Å². The van der Waals surface area contributed by atoms with Crippen molar-refractivity contribution in [2.45, 2.75) is 12.8 Å². The highest BCUT2D eigenvalue weighted by molar-refractivity contribution is 6.05. The highest BCUT2D eigenvalue weighted by Crippen LogP contribution is 2.31. The van der Waals surface area contributed by atoms with Gasteiger partial charge in [-0.1, -0.05) is 0 Å². The maximum absolute atomic E-state index is 12.6. The van der Waals surface area contributed by atoms with Crippen molar-refractivity contribution in [3.63, 3.8) is 0 Å². The van der Waals surface area contributed by atoms with E-state index in [4.69, 9.17) is 0 Å². The maximum atomic E-state index is 12.6. The number of carbonyl (C=O) groups excluding carboxylic acids is 1. The monoisotopic (exact) mass is 378 g/mol. The number of carbonyl (C=O) groups is 1. The number of hydrogen-bond donors (Lipinski definition) is 1. The van der Waals surface area contributed by atoms with Crippen LogP contribution < -0.4 is 10.2 Å². The van der Waals surface area contributed by atoms with Crippen LogP contribution in [0.1, 0.15) is 23.2 Å². The summed E-state index contributed by atoms with van der Waals surface area (Å²) in [7, 11) is 0. The molecular weight excluding hydrogens is 360 g/mol. The molecule has 1 saturated heterocycles. The third-order valence-corrected chi connectivity index (χ3v) is 4.69. The van der Waals surface area contributed by atoms with Crippen LogP contribution in [0.25, 0.3) is 5.69 Å². The second-order valence-electron chi connectivity index (χ2n) is 6.50. The molecule has 142 valence electrons. The zero-order valence-corrected chi connectivity index (χ0v) is 15.0. The molecule has 28 heavy (non-hydrogen) atoms. The topological polar surface area (TPSA) is 106 Å². The lowest BCUT2D eigenvalue weighted by atomic mass is 10.1. The number of nitro groups is 1. The fourth-order valence-corrected chi connectivity index (χ4v) is 3.28. The molecule has 1 aliphatic heterocycles.